The lowest BCUT2D eigenvalue weighted by molar-refractivity contribution is -0.117. The molecule has 102 valence electrons. The molecule has 1 aromatic rings. The van der Waals surface area contributed by atoms with Crippen LogP contribution >= 0.6 is 12.4 Å². The van der Waals surface area contributed by atoms with Crippen LogP contribution in [-0.4, -0.2) is 35.6 Å². The fraction of sp³-hybridized carbons (Fsp3) is 0.667. The van der Waals surface area contributed by atoms with Crippen molar-refractivity contribution in [2.24, 2.45) is 0 Å². The maximum Gasteiger partial charge on any atom is 0.240 e. The molecular weight excluding hydrogens is 254 g/mol. The normalized spacial score (nSPS) is 16.1. The van der Waals surface area contributed by atoms with E-state index in [9.17, 15) is 4.79 Å². The maximum atomic E-state index is 11.8. The number of aromatic nitrogens is 1. The zero-order valence-corrected chi connectivity index (χ0v) is 11.7. The van der Waals surface area contributed by atoms with E-state index in [0.717, 1.165) is 24.3 Å². The molecule has 1 N–H and O–H groups in total. The number of amides is 1. The quantitative estimate of drug-likeness (QED) is 0.917. The van der Waals surface area contributed by atoms with Gasteiger partial charge in [-0.05, 0) is 39.8 Å². The van der Waals surface area contributed by atoms with Crippen LogP contribution in [-0.2, 0) is 4.79 Å². The first-order chi connectivity index (χ1) is 8.16. The van der Waals surface area contributed by atoms with Gasteiger partial charge in [0.05, 0.1) is 12.2 Å². The Morgan fingerprint density at radius 3 is 2.56 bits per heavy atom. The number of piperidine rings is 1. The zero-order valence-electron chi connectivity index (χ0n) is 10.9. The van der Waals surface area contributed by atoms with Gasteiger partial charge >= 0.3 is 0 Å². The Morgan fingerprint density at radius 2 is 2.00 bits per heavy atom. The van der Waals surface area contributed by atoms with E-state index in [1.54, 1.807) is 0 Å². The predicted molar refractivity (Wildman–Crippen MR) is 72.1 cm³/mol. The molecule has 0 aromatic carbocycles. The topological polar surface area (TPSA) is 58.4 Å². The molecule has 18 heavy (non-hydrogen) atoms. The summed E-state index contributed by atoms with van der Waals surface area (Å²) in [4.78, 5) is 14.0. The second-order valence-electron chi connectivity index (χ2n) is 4.61. The van der Waals surface area contributed by atoms with Gasteiger partial charge in [-0.3, -0.25) is 15.0 Å². The third-order valence-electron chi connectivity index (χ3n) is 3.23. The molecule has 0 spiro atoms. The highest BCUT2D eigenvalue weighted by Crippen LogP contribution is 2.17. The van der Waals surface area contributed by atoms with Crippen molar-refractivity contribution in [1.82, 2.24) is 10.1 Å². The van der Waals surface area contributed by atoms with Gasteiger partial charge in [0.15, 0.2) is 0 Å². The molecule has 1 aromatic heterocycles. The van der Waals surface area contributed by atoms with Crippen LogP contribution < -0.4 is 5.32 Å². The van der Waals surface area contributed by atoms with Gasteiger partial charge in [0, 0.05) is 5.56 Å². The molecule has 6 heteroatoms. The number of carbonyl (C=O) groups excluding carboxylic acids is 1. The minimum Gasteiger partial charge on any atom is -0.338 e. The molecule has 1 aliphatic rings. The molecule has 0 unspecified atom stereocenters. The number of nitrogens with one attached hydrogen (secondary N) is 1. The summed E-state index contributed by atoms with van der Waals surface area (Å²) < 4.78 is 5.05. The number of rotatable bonds is 3. The van der Waals surface area contributed by atoms with Crippen LogP contribution in [0.25, 0.3) is 0 Å². The van der Waals surface area contributed by atoms with Crippen molar-refractivity contribution >= 4 is 24.2 Å². The highest BCUT2D eigenvalue weighted by atomic mass is 35.5. The number of hydrogen-bond acceptors (Lipinski definition) is 4. The summed E-state index contributed by atoms with van der Waals surface area (Å²) in [6, 6.07) is 0. The van der Waals surface area contributed by atoms with Gasteiger partial charge in [0.2, 0.25) is 11.8 Å². The zero-order chi connectivity index (χ0) is 12.3. The molecule has 2 rings (SSSR count). The average molecular weight is 274 g/mol. The summed E-state index contributed by atoms with van der Waals surface area (Å²) >= 11 is 0. The van der Waals surface area contributed by atoms with E-state index in [1.807, 2.05) is 13.8 Å². The first-order valence-corrected chi connectivity index (χ1v) is 6.12. The Kier molecular flexibility index (Phi) is 5.62. The molecular formula is C12H20ClN3O2. The van der Waals surface area contributed by atoms with Crippen LogP contribution in [0.4, 0.5) is 5.88 Å². The van der Waals surface area contributed by atoms with Crippen LogP contribution in [0, 0.1) is 13.8 Å². The van der Waals surface area contributed by atoms with Crippen molar-refractivity contribution in [3.05, 3.63) is 11.3 Å². The highest BCUT2D eigenvalue weighted by molar-refractivity contribution is 5.91. The lowest BCUT2D eigenvalue weighted by Crippen LogP contribution is -2.36. The van der Waals surface area contributed by atoms with Gasteiger partial charge in [0.1, 0.15) is 0 Å². The highest BCUT2D eigenvalue weighted by Gasteiger charge is 2.16. The van der Waals surface area contributed by atoms with Gasteiger partial charge in [-0.2, -0.15) is 0 Å². The molecule has 2 heterocycles. The SMILES string of the molecule is Cc1noc(NC(=O)CN2CCCCC2)c1C.Cl. The monoisotopic (exact) mass is 273 g/mol. The summed E-state index contributed by atoms with van der Waals surface area (Å²) in [6.07, 6.45) is 3.65. The third-order valence-corrected chi connectivity index (χ3v) is 3.23. The molecule has 1 amide bonds. The summed E-state index contributed by atoms with van der Waals surface area (Å²) in [5, 5.41) is 6.58. The smallest absolute Gasteiger partial charge is 0.240 e. The number of likely N-dealkylation sites (tertiary alicyclic amines) is 1. The Labute approximate surface area is 113 Å². The Hall–Kier alpha value is -1.07. The second-order valence-corrected chi connectivity index (χ2v) is 4.61. The number of hydrogen-bond donors (Lipinski definition) is 1. The van der Waals surface area contributed by atoms with Crippen molar-refractivity contribution in [2.75, 3.05) is 25.0 Å². The van der Waals surface area contributed by atoms with E-state index < -0.39 is 0 Å². The van der Waals surface area contributed by atoms with E-state index in [2.05, 4.69) is 15.4 Å². The Bertz CT molecular complexity index is 400. The Morgan fingerprint density at radius 1 is 1.33 bits per heavy atom. The largest absolute Gasteiger partial charge is 0.338 e. The molecule has 0 aliphatic carbocycles. The predicted octanol–water partition coefficient (Wildman–Crippen LogP) is 2.14. The van der Waals surface area contributed by atoms with E-state index in [0.29, 0.717) is 12.4 Å². The number of aryl methyl sites for hydroxylation is 1. The molecule has 0 radical (unpaired) electrons. The number of halogens is 1. The van der Waals surface area contributed by atoms with Gasteiger partial charge in [-0.15, -0.1) is 12.4 Å². The van der Waals surface area contributed by atoms with Crippen LogP contribution in [0.15, 0.2) is 4.52 Å². The summed E-state index contributed by atoms with van der Waals surface area (Å²) in [5.41, 5.74) is 1.72. The minimum atomic E-state index is -0.0221. The first kappa shape index (κ1) is 15.0. The molecule has 0 saturated carbocycles. The minimum absolute atomic E-state index is 0. The van der Waals surface area contributed by atoms with E-state index in [-0.39, 0.29) is 18.3 Å². The van der Waals surface area contributed by atoms with Crippen molar-refractivity contribution in [2.45, 2.75) is 33.1 Å². The molecule has 0 atom stereocenters. The molecule has 0 bridgehead atoms. The van der Waals surface area contributed by atoms with Crippen molar-refractivity contribution < 1.29 is 9.32 Å². The van der Waals surface area contributed by atoms with E-state index in [4.69, 9.17) is 4.52 Å². The van der Waals surface area contributed by atoms with Crippen LogP contribution in [0.3, 0.4) is 0 Å². The molecule has 5 nitrogen and oxygen atoms in total. The molecule has 1 fully saturated rings. The van der Waals surface area contributed by atoms with Crippen molar-refractivity contribution in [3.63, 3.8) is 0 Å². The van der Waals surface area contributed by atoms with Crippen LogP contribution in [0.2, 0.25) is 0 Å². The maximum absolute atomic E-state index is 11.8. The van der Waals surface area contributed by atoms with Gasteiger partial charge < -0.3 is 4.52 Å². The number of nitrogens with zero attached hydrogens (tertiary/aromatic N) is 2. The first-order valence-electron chi connectivity index (χ1n) is 6.12. The fourth-order valence-electron chi connectivity index (χ4n) is 2.02. The van der Waals surface area contributed by atoms with Gasteiger partial charge in [-0.1, -0.05) is 11.6 Å². The van der Waals surface area contributed by atoms with E-state index in [1.165, 1.54) is 19.3 Å². The fourth-order valence-corrected chi connectivity index (χ4v) is 2.02. The third kappa shape index (κ3) is 3.71. The number of anilines is 1. The van der Waals surface area contributed by atoms with Gasteiger partial charge in [-0.25, -0.2) is 0 Å². The average Bonchev–Trinajstić information content (AvgIpc) is 2.62. The lowest BCUT2D eigenvalue weighted by atomic mass is 10.1. The second kappa shape index (κ2) is 6.75. The lowest BCUT2D eigenvalue weighted by Gasteiger charge is -2.25. The van der Waals surface area contributed by atoms with Crippen molar-refractivity contribution in [1.29, 1.82) is 0 Å². The standard InChI is InChI=1S/C12H19N3O2.ClH/c1-9-10(2)14-17-12(9)13-11(16)8-15-6-4-3-5-7-15;/h3-8H2,1-2H3,(H,13,16);1H. The van der Waals surface area contributed by atoms with Crippen LogP contribution in [0.1, 0.15) is 30.5 Å². The Balaban J connectivity index is 0.00000162. The van der Waals surface area contributed by atoms with E-state index >= 15 is 0 Å². The summed E-state index contributed by atoms with van der Waals surface area (Å²) in [6.45, 7) is 6.23. The van der Waals surface area contributed by atoms with Gasteiger partial charge in [0.25, 0.3) is 0 Å². The molecule has 1 saturated heterocycles. The van der Waals surface area contributed by atoms with Crippen LogP contribution in [0.5, 0.6) is 0 Å². The summed E-state index contributed by atoms with van der Waals surface area (Å²) in [5.74, 6) is 0.454. The summed E-state index contributed by atoms with van der Waals surface area (Å²) in [7, 11) is 0. The molecule has 1 aliphatic heterocycles. The number of carbonyl (C=O) groups is 1. The van der Waals surface area contributed by atoms with Crippen molar-refractivity contribution in [3.8, 4) is 0 Å².